The van der Waals surface area contributed by atoms with E-state index in [0.717, 1.165) is 31.0 Å². The van der Waals surface area contributed by atoms with Crippen LogP contribution in [0, 0.1) is 5.92 Å². The molecule has 1 saturated heterocycles. The van der Waals surface area contributed by atoms with E-state index in [1.165, 1.54) is 0 Å². The fourth-order valence-electron chi connectivity index (χ4n) is 2.37. The molecule has 1 aliphatic rings. The Morgan fingerprint density at radius 1 is 1.35 bits per heavy atom. The van der Waals surface area contributed by atoms with Gasteiger partial charge in [0.2, 0.25) is 0 Å². The molecule has 1 fully saturated rings. The maximum atomic E-state index is 10.9. The van der Waals surface area contributed by atoms with Crippen molar-refractivity contribution < 1.29 is 19.4 Å². The summed E-state index contributed by atoms with van der Waals surface area (Å²) in [6.45, 7) is 5.26. The number of ether oxygens (including phenoxy) is 2. The number of carboxylic acids is 1. The van der Waals surface area contributed by atoms with Gasteiger partial charge in [0.05, 0.1) is 12.5 Å². The van der Waals surface area contributed by atoms with E-state index in [4.69, 9.17) is 14.6 Å². The molecule has 0 saturated carbocycles. The number of rotatable bonds is 7. The van der Waals surface area contributed by atoms with Gasteiger partial charge in [-0.3, -0.25) is 9.69 Å². The van der Waals surface area contributed by atoms with E-state index in [9.17, 15) is 4.79 Å². The Morgan fingerprint density at radius 3 is 2.65 bits per heavy atom. The molecule has 2 rings (SSSR count). The first kappa shape index (κ1) is 14.7. The van der Waals surface area contributed by atoms with Crippen LogP contribution in [0.25, 0.3) is 0 Å². The zero-order valence-electron chi connectivity index (χ0n) is 11.7. The monoisotopic (exact) mass is 279 g/mol. The molecule has 0 radical (unpaired) electrons. The molecule has 110 valence electrons. The second kappa shape index (κ2) is 7.14. The predicted molar refractivity (Wildman–Crippen MR) is 75.3 cm³/mol. The van der Waals surface area contributed by atoms with Gasteiger partial charge in [0.15, 0.2) is 11.5 Å². The highest BCUT2D eigenvalue weighted by Gasteiger charge is 2.27. The second-order valence-corrected chi connectivity index (χ2v) is 4.85. The van der Waals surface area contributed by atoms with Crippen LogP contribution in [0.1, 0.15) is 13.3 Å². The third kappa shape index (κ3) is 3.87. The number of nitrogens with zero attached hydrogens (tertiary/aromatic N) is 1. The topological polar surface area (TPSA) is 59.0 Å². The molecule has 1 unspecified atom stereocenters. The zero-order valence-corrected chi connectivity index (χ0v) is 11.7. The molecule has 1 atom stereocenters. The lowest BCUT2D eigenvalue weighted by atomic mass is 10.1. The highest BCUT2D eigenvalue weighted by atomic mass is 16.5. The van der Waals surface area contributed by atoms with Crippen molar-refractivity contribution in [2.75, 3.05) is 32.8 Å². The minimum absolute atomic E-state index is 0.231. The smallest absolute Gasteiger partial charge is 0.307 e. The molecule has 1 aromatic rings. The van der Waals surface area contributed by atoms with Gasteiger partial charge in [0.25, 0.3) is 0 Å². The van der Waals surface area contributed by atoms with Gasteiger partial charge in [-0.1, -0.05) is 12.1 Å². The Kier molecular flexibility index (Phi) is 5.24. The van der Waals surface area contributed by atoms with Crippen molar-refractivity contribution in [3.05, 3.63) is 24.3 Å². The minimum Gasteiger partial charge on any atom is -0.490 e. The highest BCUT2D eigenvalue weighted by Crippen LogP contribution is 2.26. The molecular formula is C15H21NO4. The summed E-state index contributed by atoms with van der Waals surface area (Å²) in [5.41, 5.74) is 0. The molecule has 5 nitrogen and oxygen atoms in total. The number of aliphatic carboxylic acids is 1. The largest absolute Gasteiger partial charge is 0.490 e. The quantitative estimate of drug-likeness (QED) is 0.825. The summed E-state index contributed by atoms with van der Waals surface area (Å²) in [4.78, 5) is 13.0. The molecule has 1 heterocycles. The lowest BCUT2D eigenvalue weighted by Crippen LogP contribution is -2.27. The maximum Gasteiger partial charge on any atom is 0.307 e. The van der Waals surface area contributed by atoms with Gasteiger partial charge in [-0.25, -0.2) is 0 Å². The van der Waals surface area contributed by atoms with E-state index in [1.54, 1.807) is 0 Å². The summed E-state index contributed by atoms with van der Waals surface area (Å²) in [7, 11) is 0. The van der Waals surface area contributed by atoms with Crippen LogP contribution in [0.2, 0.25) is 0 Å². The summed E-state index contributed by atoms with van der Waals surface area (Å²) in [5.74, 6) is 0.559. The standard InChI is InChI=1S/C15H21NO4/c1-2-19-13-5-3-4-6-14(13)20-10-9-16-8-7-12(11-16)15(17)18/h3-6,12H,2,7-11H2,1H3,(H,17,18). The SMILES string of the molecule is CCOc1ccccc1OCCN1CCC(C(=O)O)C1. The molecule has 1 N–H and O–H groups in total. The molecule has 0 bridgehead atoms. The van der Waals surface area contributed by atoms with Crippen molar-refractivity contribution in [2.45, 2.75) is 13.3 Å². The van der Waals surface area contributed by atoms with Crippen LogP contribution >= 0.6 is 0 Å². The van der Waals surface area contributed by atoms with Crippen LogP contribution in [0.5, 0.6) is 11.5 Å². The summed E-state index contributed by atoms with van der Waals surface area (Å²) in [6, 6.07) is 7.59. The molecule has 1 aromatic carbocycles. The van der Waals surface area contributed by atoms with Gasteiger partial charge < -0.3 is 14.6 Å². The lowest BCUT2D eigenvalue weighted by Gasteiger charge is -2.16. The molecule has 5 heteroatoms. The summed E-state index contributed by atoms with van der Waals surface area (Å²) in [6.07, 6.45) is 0.727. The fourth-order valence-corrected chi connectivity index (χ4v) is 2.37. The van der Waals surface area contributed by atoms with E-state index in [0.29, 0.717) is 19.8 Å². The van der Waals surface area contributed by atoms with Gasteiger partial charge in [-0.15, -0.1) is 0 Å². The normalized spacial score (nSPS) is 18.9. The number of carbonyl (C=O) groups is 1. The van der Waals surface area contributed by atoms with Gasteiger partial charge in [-0.05, 0) is 32.0 Å². The first-order valence-electron chi connectivity index (χ1n) is 7.00. The Labute approximate surface area is 119 Å². The van der Waals surface area contributed by atoms with Crippen molar-refractivity contribution in [2.24, 2.45) is 5.92 Å². The Balaban J connectivity index is 1.78. The Morgan fingerprint density at radius 2 is 2.05 bits per heavy atom. The predicted octanol–water partition coefficient (Wildman–Crippen LogP) is 1.87. The first-order chi connectivity index (χ1) is 9.70. The lowest BCUT2D eigenvalue weighted by molar-refractivity contribution is -0.141. The second-order valence-electron chi connectivity index (χ2n) is 4.85. The van der Waals surface area contributed by atoms with Gasteiger partial charge in [-0.2, -0.15) is 0 Å². The number of hydrogen-bond acceptors (Lipinski definition) is 4. The average Bonchev–Trinajstić information content (AvgIpc) is 2.90. The third-order valence-corrected chi connectivity index (χ3v) is 3.44. The van der Waals surface area contributed by atoms with Crippen LogP contribution in [0.4, 0.5) is 0 Å². The molecule has 0 aliphatic carbocycles. The van der Waals surface area contributed by atoms with Crippen LogP contribution in [0.3, 0.4) is 0 Å². The van der Waals surface area contributed by atoms with Gasteiger partial charge in [0.1, 0.15) is 6.61 Å². The number of likely N-dealkylation sites (tertiary alicyclic amines) is 1. The average molecular weight is 279 g/mol. The maximum absolute atomic E-state index is 10.9. The minimum atomic E-state index is -0.699. The third-order valence-electron chi connectivity index (χ3n) is 3.44. The van der Waals surface area contributed by atoms with Crippen LogP contribution < -0.4 is 9.47 Å². The van der Waals surface area contributed by atoms with Crippen LogP contribution in [0.15, 0.2) is 24.3 Å². The molecule has 1 aliphatic heterocycles. The van der Waals surface area contributed by atoms with E-state index in [2.05, 4.69) is 4.90 Å². The van der Waals surface area contributed by atoms with Crippen molar-refractivity contribution in [3.63, 3.8) is 0 Å². The van der Waals surface area contributed by atoms with Crippen molar-refractivity contribution in [1.82, 2.24) is 4.90 Å². The van der Waals surface area contributed by atoms with E-state index in [1.807, 2.05) is 31.2 Å². The van der Waals surface area contributed by atoms with E-state index >= 15 is 0 Å². The Bertz CT molecular complexity index is 449. The molecule has 0 amide bonds. The van der Waals surface area contributed by atoms with Gasteiger partial charge >= 0.3 is 5.97 Å². The number of para-hydroxylation sites is 2. The number of benzene rings is 1. The van der Waals surface area contributed by atoms with Crippen molar-refractivity contribution in [3.8, 4) is 11.5 Å². The summed E-state index contributed by atoms with van der Waals surface area (Å²) in [5, 5.41) is 8.96. The molecule has 0 aromatic heterocycles. The van der Waals surface area contributed by atoms with E-state index < -0.39 is 5.97 Å². The molecule has 0 spiro atoms. The molecular weight excluding hydrogens is 258 g/mol. The van der Waals surface area contributed by atoms with Crippen LogP contribution in [-0.2, 0) is 4.79 Å². The summed E-state index contributed by atoms with van der Waals surface area (Å²) < 4.78 is 11.2. The van der Waals surface area contributed by atoms with Crippen molar-refractivity contribution >= 4 is 5.97 Å². The summed E-state index contributed by atoms with van der Waals surface area (Å²) >= 11 is 0. The molecule has 20 heavy (non-hydrogen) atoms. The van der Waals surface area contributed by atoms with Crippen molar-refractivity contribution in [1.29, 1.82) is 0 Å². The Hall–Kier alpha value is -1.75. The van der Waals surface area contributed by atoms with Crippen LogP contribution in [-0.4, -0.2) is 48.8 Å². The fraction of sp³-hybridized carbons (Fsp3) is 0.533. The highest BCUT2D eigenvalue weighted by molar-refractivity contribution is 5.70. The first-order valence-corrected chi connectivity index (χ1v) is 7.00. The number of hydrogen-bond donors (Lipinski definition) is 1. The number of carboxylic acid groups (broad SMARTS) is 1. The van der Waals surface area contributed by atoms with E-state index in [-0.39, 0.29) is 5.92 Å². The van der Waals surface area contributed by atoms with Gasteiger partial charge in [0, 0.05) is 13.1 Å². The zero-order chi connectivity index (χ0) is 14.4.